The minimum absolute atomic E-state index is 0.0846. The van der Waals surface area contributed by atoms with E-state index in [0.29, 0.717) is 18.7 Å². The van der Waals surface area contributed by atoms with Crippen molar-refractivity contribution in [2.75, 3.05) is 26.7 Å². The van der Waals surface area contributed by atoms with Gasteiger partial charge in [0.25, 0.3) is 5.91 Å². The summed E-state index contributed by atoms with van der Waals surface area (Å²) in [7, 11) is 1.88. The molecular weight excluding hydrogens is 334 g/mol. The van der Waals surface area contributed by atoms with Crippen LogP contribution in [0.5, 0.6) is 0 Å². The molecule has 1 aliphatic rings. The number of rotatable bonds is 2. The van der Waals surface area contributed by atoms with Gasteiger partial charge in [0.15, 0.2) is 0 Å². The molecule has 3 rings (SSSR count). The quantitative estimate of drug-likeness (QED) is 0.823. The lowest BCUT2D eigenvalue weighted by Crippen LogP contribution is -2.49. The number of amides is 1. The normalized spacial score (nSPS) is 18.7. The van der Waals surface area contributed by atoms with Crippen LogP contribution in [0.25, 0.3) is 0 Å². The Balaban J connectivity index is 1.88. The Kier molecular flexibility index (Phi) is 4.83. The van der Waals surface area contributed by atoms with Crippen molar-refractivity contribution >= 4 is 17.5 Å². The number of hydrogen-bond donors (Lipinski definition) is 0. The van der Waals surface area contributed by atoms with E-state index in [0.717, 1.165) is 0 Å². The second-order valence-corrected chi connectivity index (χ2v) is 6.27. The highest BCUT2D eigenvalue weighted by Crippen LogP contribution is 2.28. The number of carbonyl (C=O) groups is 1. The molecule has 1 fully saturated rings. The predicted molar refractivity (Wildman–Crippen MR) is 89.1 cm³/mol. The maximum atomic E-state index is 14.1. The first-order valence-electron chi connectivity index (χ1n) is 7.67. The third-order valence-electron chi connectivity index (χ3n) is 4.38. The lowest BCUT2D eigenvalue weighted by molar-refractivity contribution is 0.0536. The Bertz CT molecular complexity index is 748. The van der Waals surface area contributed by atoms with Crippen molar-refractivity contribution < 1.29 is 13.6 Å². The van der Waals surface area contributed by atoms with E-state index in [1.807, 2.05) is 11.9 Å². The van der Waals surface area contributed by atoms with Crippen molar-refractivity contribution in [2.24, 2.45) is 0 Å². The first kappa shape index (κ1) is 16.9. The van der Waals surface area contributed by atoms with E-state index in [2.05, 4.69) is 0 Å². The number of halogens is 3. The van der Waals surface area contributed by atoms with Gasteiger partial charge < -0.3 is 4.90 Å². The Morgan fingerprint density at radius 3 is 2.50 bits per heavy atom. The molecule has 6 heteroatoms. The molecule has 0 N–H and O–H groups in total. The van der Waals surface area contributed by atoms with Crippen LogP contribution in [-0.4, -0.2) is 42.4 Å². The summed E-state index contributed by atoms with van der Waals surface area (Å²) in [6.45, 7) is 1.28. The van der Waals surface area contributed by atoms with Gasteiger partial charge in [-0.05, 0) is 25.2 Å². The molecule has 0 radical (unpaired) electrons. The van der Waals surface area contributed by atoms with Gasteiger partial charge in [0, 0.05) is 25.2 Å². The van der Waals surface area contributed by atoms with E-state index in [4.69, 9.17) is 11.6 Å². The fourth-order valence-corrected chi connectivity index (χ4v) is 3.24. The standard InChI is InChI=1S/C18H17ClF2N2O/c1-22-9-10-23(11-16(22)12-5-2-3-7-14(12)20)18(24)17-13(19)6-4-8-15(17)21/h2-8,16H,9-11H2,1H3. The van der Waals surface area contributed by atoms with Gasteiger partial charge in [-0.15, -0.1) is 0 Å². The maximum absolute atomic E-state index is 14.1. The summed E-state index contributed by atoms with van der Waals surface area (Å²) in [5.41, 5.74) is 0.396. The smallest absolute Gasteiger partial charge is 0.258 e. The molecule has 0 saturated carbocycles. The van der Waals surface area contributed by atoms with E-state index in [1.54, 1.807) is 18.2 Å². The van der Waals surface area contributed by atoms with E-state index in [1.165, 1.54) is 29.2 Å². The first-order valence-corrected chi connectivity index (χ1v) is 8.05. The number of piperazine rings is 1. The molecule has 3 nitrogen and oxygen atoms in total. The molecule has 126 valence electrons. The van der Waals surface area contributed by atoms with Crippen LogP contribution in [0.3, 0.4) is 0 Å². The van der Waals surface area contributed by atoms with E-state index in [-0.39, 0.29) is 29.0 Å². The SMILES string of the molecule is CN1CCN(C(=O)c2c(F)cccc2Cl)CC1c1ccccc1F. The Morgan fingerprint density at radius 2 is 1.79 bits per heavy atom. The summed E-state index contributed by atoms with van der Waals surface area (Å²) in [6.07, 6.45) is 0. The summed E-state index contributed by atoms with van der Waals surface area (Å²) in [5, 5.41) is 0.0846. The van der Waals surface area contributed by atoms with Gasteiger partial charge in [-0.3, -0.25) is 9.69 Å². The van der Waals surface area contributed by atoms with Crippen LogP contribution >= 0.6 is 11.6 Å². The molecule has 2 aromatic carbocycles. The van der Waals surface area contributed by atoms with E-state index >= 15 is 0 Å². The molecule has 0 aromatic heterocycles. The molecule has 1 atom stereocenters. The Hall–Kier alpha value is -1.98. The first-order chi connectivity index (χ1) is 11.5. The molecule has 24 heavy (non-hydrogen) atoms. The van der Waals surface area contributed by atoms with Crippen LogP contribution in [0.1, 0.15) is 22.0 Å². The molecule has 0 aliphatic carbocycles. The van der Waals surface area contributed by atoms with E-state index < -0.39 is 11.7 Å². The Labute approximate surface area is 144 Å². The summed E-state index contributed by atoms with van der Waals surface area (Å²) in [5.74, 6) is -1.42. The molecular formula is C18H17ClF2N2O. The molecule has 1 amide bonds. The fourth-order valence-electron chi connectivity index (χ4n) is 3.00. The molecule has 1 saturated heterocycles. The highest BCUT2D eigenvalue weighted by atomic mass is 35.5. The monoisotopic (exact) mass is 350 g/mol. The van der Waals surface area contributed by atoms with Crippen molar-refractivity contribution in [1.82, 2.24) is 9.80 Å². The lowest BCUT2D eigenvalue weighted by Gasteiger charge is -2.40. The fraction of sp³-hybridized carbons (Fsp3) is 0.278. The van der Waals surface area contributed by atoms with Gasteiger partial charge in [-0.1, -0.05) is 35.9 Å². The van der Waals surface area contributed by atoms with Gasteiger partial charge in [-0.2, -0.15) is 0 Å². The molecule has 2 aromatic rings. The zero-order valence-electron chi connectivity index (χ0n) is 13.2. The Morgan fingerprint density at radius 1 is 1.08 bits per heavy atom. The molecule has 0 bridgehead atoms. The number of hydrogen-bond acceptors (Lipinski definition) is 2. The third-order valence-corrected chi connectivity index (χ3v) is 4.69. The van der Waals surface area contributed by atoms with Crippen molar-refractivity contribution in [2.45, 2.75) is 6.04 Å². The van der Waals surface area contributed by atoms with Gasteiger partial charge in [-0.25, -0.2) is 8.78 Å². The third kappa shape index (κ3) is 3.14. The highest BCUT2D eigenvalue weighted by molar-refractivity contribution is 6.33. The number of benzene rings is 2. The van der Waals surface area contributed by atoms with Crippen molar-refractivity contribution in [3.05, 3.63) is 70.2 Å². The molecule has 1 unspecified atom stereocenters. The van der Waals surface area contributed by atoms with Gasteiger partial charge in [0.05, 0.1) is 16.6 Å². The van der Waals surface area contributed by atoms with Crippen LogP contribution in [0.15, 0.2) is 42.5 Å². The van der Waals surface area contributed by atoms with Crippen molar-refractivity contribution in [1.29, 1.82) is 0 Å². The average Bonchev–Trinajstić information content (AvgIpc) is 2.56. The summed E-state index contributed by atoms with van der Waals surface area (Å²) in [6, 6.07) is 10.4. The predicted octanol–water partition coefficient (Wildman–Crippen LogP) is 3.75. The van der Waals surface area contributed by atoms with Gasteiger partial charge in [0.1, 0.15) is 11.6 Å². The zero-order chi connectivity index (χ0) is 17.3. The van der Waals surface area contributed by atoms with Gasteiger partial charge in [0.2, 0.25) is 0 Å². The summed E-state index contributed by atoms with van der Waals surface area (Å²) >= 11 is 5.99. The van der Waals surface area contributed by atoms with Crippen LogP contribution in [-0.2, 0) is 0 Å². The van der Waals surface area contributed by atoms with E-state index in [9.17, 15) is 13.6 Å². The molecule has 0 spiro atoms. The largest absolute Gasteiger partial charge is 0.335 e. The topological polar surface area (TPSA) is 23.6 Å². The zero-order valence-corrected chi connectivity index (χ0v) is 13.9. The molecule has 1 heterocycles. The van der Waals surface area contributed by atoms with Crippen molar-refractivity contribution in [3.63, 3.8) is 0 Å². The van der Waals surface area contributed by atoms with Crippen LogP contribution in [0.4, 0.5) is 8.78 Å². The summed E-state index contributed by atoms with van der Waals surface area (Å²) < 4.78 is 28.1. The number of carbonyl (C=O) groups excluding carboxylic acids is 1. The lowest BCUT2D eigenvalue weighted by atomic mass is 10.0. The van der Waals surface area contributed by atoms with Crippen LogP contribution < -0.4 is 0 Å². The number of nitrogens with zero attached hydrogens (tertiary/aromatic N) is 2. The maximum Gasteiger partial charge on any atom is 0.258 e. The van der Waals surface area contributed by atoms with Crippen LogP contribution in [0.2, 0.25) is 5.02 Å². The van der Waals surface area contributed by atoms with Crippen molar-refractivity contribution in [3.8, 4) is 0 Å². The van der Waals surface area contributed by atoms with Gasteiger partial charge >= 0.3 is 0 Å². The molecule has 1 aliphatic heterocycles. The second-order valence-electron chi connectivity index (χ2n) is 5.87. The minimum Gasteiger partial charge on any atom is -0.335 e. The highest BCUT2D eigenvalue weighted by Gasteiger charge is 2.32. The second kappa shape index (κ2) is 6.87. The number of likely N-dealkylation sites (N-methyl/N-ethyl adjacent to an activating group) is 1. The minimum atomic E-state index is -0.645. The average molecular weight is 351 g/mol. The van der Waals surface area contributed by atoms with Crippen LogP contribution in [0, 0.1) is 11.6 Å². The summed E-state index contributed by atoms with van der Waals surface area (Å²) in [4.78, 5) is 16.2.